The molecule has 0 atom stereocenters. The molecule has 0 unspecified atom stereocenters. The average Bonchev–Trinajstić information content (AvgIpc) is 2.94. The topological polar surface area (TPSA) is 66.5 Å². The number of thiophene rings is 1. The number of anilines is 1. The van der Waals surface area contributed by atoms with Crippen molar-refractivity contribution >= 4 is 33.0 Å². The zero-order valence-corrected chi connectivity index (χ0v) is 15.9. The fourth-order valence-electron chi connectivity index (χ4n) is 2.28. The summed E-state index contributed by atoms with van der Waals surface area (Å²) in [7, 11) is -3.53. The number of nitrogens with zero attached hydrogens (tertiary/aromatic N) is 1. The monoisotopic (exact) mass is 366 g/mol. The van der Waals surface area contributed by atoms with Gasteiger partial charge in [-0.1, -0.05) is 6.07 Å². The highest BCUT2D eigenvalue weighted by molar-refractivity contribution is 7.91. The number of aryl methyl sites for hydroxylation is 3. The molecule has 2 rings (SSSR count). The summed E-state index contributed by atoms with van der Waals surface area (Å²) in [6, 6.07) is 9.14. The largest absolute Gasteiger partial charge is 0.311 e. The molecule has 1 aromatic carbocycles. The van der Waals surface area contributed by atoms with Gasteiger partial charge in [-0.15, -0.1) is 11.3 Å². The van der Waals surface area contributed by atoms with E-state index in [1.807, 2.05) is 39.0 Å². The van der Waals surface area contributed by atoms with Crippen molar-refractivity contribution in [1.82, 2.24) is 4.72 Å². The predicted octanol–water partition coefficient (Wildman–Crippen LogP) is 3.00. The van der Waals surface area contributed by atoms with Gasteiger partial charge in [0.05, 0.1) is 0 Å². The van der Waals surface area contributed by atoms with E-state index in [-0.39, 0.29) is 19.0 Å². The summed E-state index contributed by atoms with van der Waals surface area (Å²) in [5, 5.41) is 0. The van der Waals surface area contributed by atoms with Gasteiger partial charge in [0, 0.05) is 30.6 Å². The molecule has 0 aliphatic carbocycles. The lowest BCUT2D eigenvalue weighted by Gasteiger charge is -2.22. The maximum absolute atomic E-state index is 12.2. The number of nitrogens with one attached hydrogen (secondary N) is 1. The van der Waals surface area contributed by atoms with Gasteiger partial charge in [0.25, 0.3) is 0 Å². The Morgan fingerprint density at radius 3 is 2.38 bits per heavy atom. The molecule has 1 heterocycles. The predicted molar refractivity (Wildman–Crippen MR) is 98.2 cm³/mol. The standard InChI is InChI=1S/C17H22N2O3S2/c1-12-5-7-16(11-13(12)2)19(15(4)20)10-9-18-24(21,22)17-8-6-14(3)23-17/h5-8,11,18H,9-10H2,1-4H3. The Labute approximate surface area is 147 Å². The van der Waals surface area contributed by atoms with Gasteiger partial charge in [0.2, 0.25) is 15.9 Å². The van der Waals surface area contributed by atoms with E-state index in [2.05, 4.69) is 4.72 Å². The van der Waals surface area contributed by atoms with Crippen molar-refractivity contribution in [3.8, 4) is 0 Å². The smallest absolute Gasteiger partial charge is 0.250 e. The summed E-state index contributed by atoms with van der Waals surface area (Å²) in [5.74, 6) is -0.121. The molecule has 130 valence electrons. The highest BCUT2D eigenvalue weighted by Gasteiger charge is 2.17. The van der Waals surface area contributed by atoms with E-state index in [0.29, 0.717) is 4.21 Å². The van der Waals surface area contributed by atoms with Crippen molar-refractivity contribution in [3.05, 3.63) is 46.3 Å². The molecule has 1 N–H and O–H groups in total. The number of sulfonamides is 1. The molecule has 0 saturated carbocycles. The highest BCUT2D eigenvalue weighted by Crippen LogP contribution is 2.21. The maximum atomic E-state index is 12.2. The zero-order chi connectivity index (χ0) is 17.9. The van der Waals surface area contributed by atoms with Crippen molar-refractivity contribution in [2.24, 2.45) is 0 Å². The Balaban J connectivity index is 2.07. The minimum Gasteiger partial charge on any atom is -0.311 e. The Morgan fingerprint density at radius 1 is 1.12 bits per heavy atom. The Morgan fingerprint density at radius 2 is 1.83 bits per heavy atom. The van der Waals surface area contributed by atoms with Gasteiger partial charge < -0.3 is 4.90 Å². The number of rotatable bonds is 6. The molecule has 0 aliphatic heterocycles. The van der Waals surface area contributed by atoms with Crippen LogP contribution < -0.4 is 9.62 Å². The third-order valence-corrected chi connectivity index (χ3v) is 6.74. The van der Waals surface area contributed by atoms with E-state index in [1.54, 1.807) is 17.0 Å². The molecule has 0 saturated heterocycles. The van der Waals surface area contributed by atoms with Crippen LogP contribution in [0.2, 0.25) is 0 Å². The summed E-state index contributed by atoms with van der Waals surface area (Å²) in [4.78, 5) is 14.4. The third kappa shape index (κ3) is 4.43. The molecule has 0 spiro atoms. The van der Waals surface area contributed by atoms with Crippen LogP contribution >= 0.6 is 11.3 Å². The minimum atomic E-state index is -3.53. The van der Waals surface area contributed by atoms with Crippen LogP contribution in [-0.2, 0) is 14.8 Å². The van der Waals surface area contributed by atoms with Gasteiger partial charge in [0.15, 0.2) is 0 Å². The maximum Gasteiger partial charge on any atom is 0.250 e. The van der Waals surface area contributed by atoms with Gasteiger partial charge in [0.1, 0.15) is 4.21 Å². The number of carbonyl (C=O) groups excluding carboxylic acids is 1. The normalized spacial score (nSPS) is 11.5. The first-order valence-electron chi connectivity index (χ1n) is 7.62. The highest BCUT2D eigenvalue weighted by atomic mass is 32.2. The van der Waals surface area contributed by atoms with Crippen LogP contribution in [-0.4, -0.2) is 27.4 Å². The SMILES string of the molecule is CC(=O)N(CCNS(=O)(=O)c1ccc(C)s1)c1ccc(C)c(C)c1. The van der Waals surface area contributed by atoms with Crippen LogP contribution in [0.1, 0.15) is 22.9 Å². The number of hydrogen-bond donors (Lipinski definition) is 1. The van der Waals surface area contributed by atoms with E-state index < -0.39 is 10.0 Å². The van der Waals surface area contributed by atoms with Crippen LogP contribution in [0.5, 0.6) is 0 Å². The van der Waals surface area contributed by atoms with Crippen molar-refractivity contribution in [1.29, 1.82) is 0 Å². The quantitative estimate of drug-likeness (QED) is 0.855. The molecule has 0 fully saturated rings. The second-order valence-corrected chi connectivity index (χ2v) is 8.98. The molecule has 0 bridgehead atoms. The molecule has 1 aromatic heterocycles. The molecule has 7 heteroatoms. The first-order chi connectivity index (χ1) is 11.2. The summed E-state index contributed by atoms with van der Waals surface area (Å²) in [6.45, 7) is 7.77. The first kappa shape index (κ1) is 18.6. The Kier molecular flexibility index (Phi) is 5.79. The van der Waals surface area contributed by atoms with E-state index in [9.17, 15) is 13.2 Å². The number of amides is 1. The van der Waals surface area contributed by atoms with Crippen molar-refractivity contribution in [3.63, 3.8) is 0 Å². The Hall–Kier alpha value is -1.70. The van der Waals surface area contributed by atoms with E-state index in [0.717, 1.165) is 21.7 Å². The fraction of sp³-hybridized carbons (Fsp3) is 0.353. The van der Waals surface area contributed by atoms with E-state index in [1.165, 1.54) is 18.3 Å². The van der Waals surface area contributed by atoms with Crippen molar-refractivity contribution in [2.75, 3.05) is 18.0 Å². The third-order valence-electron chi connectivity index (χ3n) is 3.79. The molecular weight excluding hydrogens is 344 g/mol. The van der Waals surface area contributed by atoms with Gasteiger partial charge in [-0.05, 0) is 56.2 Å². The van der Waals surface area contributed by atoms with Crippen molar-refractivity contribution < 1.29 is 13.2 Å². The second-order valence-electron chi connectivity index (χ2n) is 5.70. The number of carbonyl (C=O) groups is 1. The number of hydrogen-bond acceptors (Lipinski definition) is 4. The first-order valence-corrected chi connectivity index (χ1v) is 9.92. The summed E-state index contributed by atoms with van der Waals surface area (Å²) in [6.07, 6.45) is 0. The lowest BCUT2D eigenvalue weighted by molar-refractivity contribution is -0.116. The van der Waals surface area contributed by atoms with Crippen LogP contribution in [0.15, 0.2) is 34.5 Å². The lowest BCUT2D eigenvalue weighted by Crippen LogP contribution is -2.37. The molecule has 5 nitrogen and oxygen atoms in total. The molecule has 0 aliphatic rings. The van der Waals surface area contributed by atoms with E-state index in [4.69, 9.17) is 0 Å². The summed E-state index contributed by atoms with van der Waals surface area (Å²) >= 11 is 1.23. The van der Waals surface area contributed by atoms with Crippen LogP contribution in [0.25, 0.3) is 0 Å². The van der Waals surface area contributed by atoms with Gasteiger partial charge >= 0.3 is 0 Å². The van der Waals surface area contributed by atoms with Gasteiger partial charge in [-0.3, -0.25) is 4.79 Å². The molecule has 2 aromatic rings. The van der Waals surface area contributed by atoms with Crippen LogP contribution in [0.4, 0.5) is 5.69 Å². The molecule has 1 amide bonds. The van der Waals surface area contributed by atoms with Gasteiger partial charge in [-0.25, -0.2) is 13.1 Å². The van der Waals surface area contributed by atoms with E-state index >= 15 is 0 Å². The number of benzene rings is 1. The zero-order valence-electron chi connectivity index (χ0n) is 14.3. The molecule has 0 radical (unpaired) electrons. The summed E-state index contributed by atoms with van der Waals surface area (Å²) < 4.78 is 27.3. The van der Waals surface area contributed by atoms with Crippen LogP contribution in [0.3, 0.4) is 0 Å². The lowest BCUT2D eigenvalue weighted by atomic mass is 10.1. The summed E-state index contributed by atoms with van der Waals surface area (Å²) in [5.41, 5.74) is 3.01. The van der Waals surface area contributed by atoms with Gasteiger partial charge in [-0.2, -0.15) is 0 Å². The molecule has 24 heavy (non-hydrogen) atoms. The average molecular weight is 367 g/mol. The fourth-order valence-corrected chi connectivity index (χ4v) is 4.63. The van der Waals surface area contributed by atoms with Crippen LogP contribution in [0, 0.1) is 20.8 Å². The minimum absolute atomic E-state index is 0.121. The Bertz CT molecular complexity index is 841. The second kappa shape index (κ2) is 7.46. The molecular formula is C17H22N2O3S2. The van der Waals surface area contributed by atoms with Crippen molar-refractivity contribution in [2.45, 2.75) is 31.9 Å².